The van der Waals surface area contributed by atoms with Crippen LogP contribution in [0, 0.1) is 25.7 Å². The summed E-state index contributed by atoms with van der Waals surface area (Å²) in [6.07, 6.45) is 8.06. The zero-order valence-corrected chi connectivity index (χ0v) is 19.2. The molecule has 1 aromatic carbocycles. The minimum Gasteiger partial charge on any atom is -0.310 e. The van der Waals surface area contributed by atoms with Gasteiger partial charge in [-0.2, -0.15) is 5.10 Å². The summed E-state index contributed by atoms with van der Waals surface area (Å²) in [7, 11) is -0.928. The van der Waals surface area contributed by atoms with E-state index in [-0.39, 0.29) is 11.8 Å². The third kappa shape index (κ3) is 4.25. The summed E-state index contributed by atoms with van der Waals surface area (Å²) < 4.78 is 14.0. The lowest BCUT2D eigenvalue weighted by atomic mass is 9.79. The topological polar surface area (TPSA) is 64.0 Å². The van der Waals surface area contributed by atoms with Gasteiger partial charge in [0.1, 0.15) is 5.82 Å². The summed E-state index contributed by atoms with van der Waals surface area (Å²) in [5.41, 5.74) is 5.11. The van der Waals surface area contributed by atoms with Crippen molar-refractivity contribution in [1.29, 1.82) is 0 Å². The lowest BCUT2D eigenvalue weighted by Crippen LogP contribution is -2.28. The Hall–Kier alpha value is -1.95. The van der Waals surface area contributed by atoms with Gasteiger partial charge in [0.05, 0.1) is 22.9 Å². The molecule has 162 valence electrons. The van der Waals surface area contributed by atoms with Crippen molar-refractivity contribution in [1.82, 2.24) is 9.78 Å². The molecule has 1 aliphatic heterocycles. The summed E-state index contributed by atoms with van der Waals surface area (Å²) in [5, 5.41) is 7.98. The Morgan fingerprint density at radius 3 is 2.70 bits per heavy atom. The van der Waals surface area contributed by atoms with E-state index in [0.717, 1.165) is 59.9 Å². The summed E-state index contributed by atoms with van der Waals surface area (Å²) >= 11 is 0. The van der Waals surface area contributed by atoms with E-state index in [4.69, 9.17) is 5.10 Å². The average molecular weight is 428 g/mol. The smallest absolute Gasteiger partial charge is 0.228 e. The molecule has 1 amide bonds. The molecule has 1 atom stereocenters. The highest BCUT2D eigenvalue weighted by Gasteiger charge is 2.31. The fourth-order valence-corrected chi connectivity index (χ4v) is 6.08. The highest BCUT2D eigenvalue weighted by atomic mass is 32.2. The van der Waals surface area contributed by atoms with Gasteiger partial charge in [-0.25, -0.2) is 4.68 Å². The minimum atomic E-state index is -0.928. The number of benzene rings is 1. The van der Waals surface area contributed by atoms with E-state index < -0.39 is 10.8 Å². The van der Waals surface area contributed by atoms with Crippen molar-refractivity contribution >= 4 is 22.5 Å². The van der Waals surface area contributed by atoms with E-state index in [9.17, 15) is 9.00 Å². The Bertz CT molecular complexity index is 958. The molecule has 1 fully saturated rings. The Labute approximate surface area is 182 Å². The molecule has 4 rings (SSSR count). The molecule has 1 aliphatic carbocycles. The molecule has 0 radical (unpaired) electrons. The Morgan fingerprint density at radius 2 is 1.97 bits per heavy atom. The molecular formula is C24H33N3O2S. The fourth-order valence-electron chi connectivity index (χ4n) is 4.82. The zero-order valence-electron chi connectivity index (χ0n) is 18.4. The van der Waals surface area contributed by atoms with Crippen molar-refractivity contribution in [2.45, 2.75) is 77.2 Å². The van der Waals surface area contributed by atoms with Crippen molar-refractivity contribution in [3.8, 4) is 5.69 Å². The number of hydrogen-bond acceptors (Lipinski definition) is 3. The van der Waals surface area contributed by atoms with Gasteiger partial charge < -0.3 is 5.32 Å². The molecule has 2 heterocycles. The van der Waals surface area contributed by atoms with E-state index in [1.54, 1.807) is 0 Å². The van der Waals surface area contributed by atoms with Gasteiger partial charge in [-0.05, 0) is 62.6 Å². The van der Waals surface area contributed by atoms with E-state index >= 15 is 0 Å². The predicted octanol–water partition coefficient (Wildman–Crippen LogP) is 5.19. The highest BCUT2D eigenvalue weighted by molar-refractivity contribution is 7.83. The molecule has 6 heteroatoms. The largest absolute Gasteiger partial charge is 0.310 e. The molecule has 1 aromatic heterocycles. The maximum Gasteiger partial charge on any atom is 0.228 e. The second-order valence-electron chi connectivity index (χ2n) is 8.98. The van der Waals surface area contributed by atoms with Crippen molar-refractivity contribution in [3.05, 3.63) is 40.6 Å². The summed E-state index contributed by atoms with van der Waals surface area (Å²) in [4.78, 5) is 13.2. The molecule has 2 aliphatic rings. The SMILES string of the molecule is CCCCC1CCC(C(=O)Nc2c3c(nn2-c2cccc(C)c2C)C[S@@](=O)C3)CC1. The zero-order chi connectivity index (χ0) is 21.3. The van der Waals surface area contributed by atoms with Crippen molar-refractivity contribution < 1.29 is 9.00 Å². The number of rotatable bonds is 6. The van der Waals surface area contributed by atoms with Crippen LogP contribution in [0.25, 0.3) is 5.69 Å². The van der Waals surface area contributed by atoms with Crippen LogP contribution in [0.1, 0.15) is 74.3 Å². The Kier molecular flexibility index (Phi) is 6.42. The number of carbonyl (C=O) groups excluding carboxylic acids is 1. The summed E-state index contributed by atoms with van der Waals surface area (Å²) in [6.45, 7) is 6.41. The lowest BCUT2D eigenvalue weighted by molar-refractivity contribution is -0.121. The summed E-state index contributed by atoms with van der Waals surface area (Å²) in [6, 6.07) is 6.14. The van der Waals surface area contributed by atoms with Crippen LogP contribution in [0.5, 0.6) is 0 Å². The number of nitrogens with one attached hydrogen (secondary N) is 1. The van der Waals surface area contributed by atoms with Crippen LogP contribution in [0.3, 0.4) is 0 Å². The number of nitrogens with zero attached hydrogens (tertiary/aromatic N) is 2. The number of unbranched alkanes of at least 4 members (excludes halogenated alkanes) is 1. The molecule has 0 spiro atoms. The van der Waals surface area contributed by atoms with Gasteiger partial charge in [0.2, 0.25) is 5.91 Å². The van der Waals surface area contributed by atoms with Crippen LogP contribution in [0.4, 0.5) is 5.82 Å². The number of aromatic nitrogens is 2. The van der Waals surface area contributed by atoms with Crippen molar-refractivity contribution in [2.75, 3.05) is 5.32 Å². The average Bonchev–Trinajstić information content (AvgIpc) is 3.25. The number of carbonyl (C=O) groups is 1. The Balaban J connectivity index is 1.56. The number of aryl methyl sites for hydroxylation is 1. The number of anilines is 1. The van der Waals surface area contributed by atoms with Gasteiger partial charge in [-0.3, -0.25) is 9.00 Å². The van der Waals surface area contributed by atoms with Crippen LogP contribution < -0.4 is 5.32 Å². The number of hydrogen-bond donors (Lipinski definition) is 1. The molecule has 30 heavy (non-hydrogen) atoms. The van der Waals surface area contributed by atoms with Crippen LogP contribution in [0.15, 0.2) is 18.2 Å². The van der Waals surface area contributed by atoms with Gasteiger partial charge in [-0.1, -0.05) is 38.3 Å². The first kappa shape index (κ1) is 21.3. The molecule has 0 unspecified atom stereocenters. The normalized spacial score (nSPS) is 23.4. The van der Waals surface area contributed by atoms with E-state index in [0.29, 0.717) is 11.5 Å². The lowest BCUT2D eigenvalue weighted by Gasteiger charge is -2.28. The van der Waals surface area contributed by atoms with Gasteiger partial charge in [0, 0.05) is 22.3 Å². The molecule has 1 N–H and O–H groups in total. The first-order chi connectivity index (χ1) is 14.5. The maximum absolute atomic E-state index is 13.2. The van der Waals surface area contributed by atoms with Crippen LogP contribution in [-0.4, -0.2) is 19.9 Å². The molecule has 1 saturated carbocycles. The standard InChI is InChI=1S/C24H33N3O2S/c1-4-5-8-18-10-12-19(13-11-18)24(28)25-23-20-14-30(29)15-21(20)26-27(23)22-9-6-7-16(2)17(22)3/h6-7,9,18-19H,4-5,8,10-15H2,1-3H3,(H,25,28)/t18?,19?,30-/m0/s1. The number of amides is 1. The molecular weight excluding hydrogens is 394 g/mol. The maximum atomic E-state index is 13.2. The fraction of sp³-hybridized carbons (Fsp3) is 0.583. The molecule has 0 bridgehead atoms. The van der Waals surface area contributed by atoms with Gasteiger partial charge in [0.25, 0.3) is 0 Å². The quantitative estimate of drug-likeness (QED) is 0.690. The third-order valence-corrected chi connectivity index (χ3v) is 8.11. The van der Waals surface area contributed by atoms with Crippen LogP contribution in [0.2, 0.25) is 0 Å². The van der Waals surface area contributed by atoms with Crippen molar-refractivity contribution in [2.24, 2.45) is 11.8 Å². The van der Waals surface area contributed by atoms with Gasteiger partial charge in [0.15, 0.2) is 0 Å². The monoisotopic (exact) mass is 427 g/mol. The first-order valence-electron chi connectivity index (χ1n) is 11.3. The minimum absolute atomic E-state index is 0.0624. The summed E-state index contributed by atoms with van der Waals surface area (Å²) in [5.74, 6) is 2.60. The van der Waals surface area contributed by atoms with Gasteiger partial charge in [-0.15, -0.1) is 0 Å². The second kappa shape index (κ2) is 9.04. The van der Waals surface area contributed by atoms with E-state index in [1.165, 1.54) is 24.8 Å². The van der Waals surface area contributed by atoms with Crippen LogP contribution >= 0.6 is 0 Å². The highest BCUT2D eigenvalue weighted by Crippen LogP contribution is 2.35. The first-order valence-corrected chi connectivity index (χ1v) is 12.8. The molecule has 0 saturated heterocycles. The Morgan fingerprint density at radius 1 is 1.20 bits per heavy atom. The third-order valence-electron chi connectivity index (χ3n) is 6.90. The molecule has 2 aromatic rings. The predicted molar refractivity (Wildman–Crippen MR) is 122 cm³/mol. The van der Waals surface area contributed by atoms with E-state index in [2.05, 4.69) is 32.2 Å². The second-order valence-corrected chi connectivity index (χ2v) is 10.4. The van der Waals surface area contributed by atoms with E-state index in [1.807, 2.05) is 16.8 Å². The molecule has 5 nitrogen and oxygen atoms in total. The van der Waals surface area contributed by atoms with Crippen LogP contribution in [-0.2, 0) is 27.1 Å². The van der Waals surface area contributed by atoms with Gasteiger partial charge >= 0.3 is 0 Å². The van der Waals surface area contributed by atoms with Crippen molar-refractivity contribution in [3.63, 3.8) is 0 Å². The number of fused-ring (bicyclic) bond motifs is 1.